The monoisotopic (exact) mass is 282 g/mol. The van der Waals surface area contributed by atoms with Crippen LogP contribution in [0.5, 0.6) is 11.5 Å². The molecule has 20 heavy (non-hydrogen) atoms. The standard InChI is InChI=1S/C16H23FO3/c1-4-13-14(20-13)8-7-11-9-15(18-5-2)16(19-6-3)10-12(11)17/h9-10,13-14H,4-8H2,1-3H3. The molecule has 1 saturated heterocycles. The predicted molar refractivity (Wildman–Crippen MR) is 76.0 cm³/mol. The molecule has 1 heterocycles. The number of hydrogen-bond donors (Lipinski definition) is 0. The summed E-state index contributed by atoms with van der Waals surface area (Å²) in [5, 5.41) is 0. The first-order valence-corrected chi connectivity index (χ1v) is 7.43. The minimum Gasteiger partial charge on any atom is -0.490 e. The third kappa shape index (κ3) is 3.63. The lowest BCUT2D eigenvalue weighted by Crippen LogP contribution is -2.03. The second-order valence-corrected chi connectivity index (χ2v) is 4.92. The van der Waals surface area contributed by atoms with Gasteiger partial charge in [0.1, 0.15) is 5.82 Å². The highest BCUT2D eigenvalue weighted by Gasteiger charge is 2.36. The second-order valence-electron chi connectivity index (χ2n) is 4.92. The minimum atomic E-state index is -0.231. The molecule has 1 aromatic carbocycles. The number of epoxide rings is 1. The molecule has 2 atom stereocenters. The summed E-state index contributed by atoms with van der Waals surface area (Å²) >= 11 is 0. The largest absolute Gasteiger partial charge is 0.490 e. The fourth-order valence-electron chi connectivity index (χ4n) is 2.40. The second kappa shape index (κ2) is 6.93. The Kier molecular flexibility index (Phi) is 5.24. The van der Waals surface area contributed by atoms with E-state index in [4.69, 9.17) is 14.2 Å². The number of halogens is 1. The van der Waals surface area contributed by atoms with E-state index in [0.29, 0.717) is 48.9 Å². The van der Waals surface area contributed by atoms with Gasteiger partial charge >= 0.3 is 0 Å². The molecule has 0 spiro atoms. The van der Waals surface area contributed by atoms with Gasteiger partial charge in [0.25, 0.3) is 0 Å². The number of rotatable bonds is 8. The maximum Gasteiger partial charge on any atom is 0.164 e. The van der Waals surface area contributed by atoms with Gasteiger partial charge in [-0.15, -0.1) is 0 Å². The molecule has 3 nitrogen and oxygen atoms in total. The fourth-order valence-corrected chi connectivity index (χ4v) is 2.40. The van der Waals surface area contributed by atoms with Crippen LogP contribution < -0.4 is 9.47 Å². The molecular formula is C16H23FO3. The highest BCUT2D eigenvalue weighted by Crippen LogP contribution is 2.33. The van der Waals surface area contributed by atoms with Crippen molar-refractivity contribution in [1.29, 1.82) is 0 Å². The van der Waals surface area contributed by atoms with Gasteiger partial charge in [0.15, 0.2) is 11.5 Å². The molecule has 0 aromatic heterocycles. The molecule has 0 aliphatic carbocycles. The summed E-state index contributed by atoms with van der Waals surface area (Å²) in [7, 11) is 0. The van der Waals surface area contributed by atoms with Crippen LogP contribution in [0.4, 0.5) is 4.39 Å². The van der Waals surface area contributed by atoms with Gasteiger partial charge in [-0.2, -0.15) is 0 Å². The topological polar surface area (TPSA) is 31.0 Å². The minimum absolute atomic E-state index is 0.231. The van der Waals surface area contributed by atoms with Gasteiger partial charge in [-0.3, -0.25) is 0 Å². The van der Waals surface area contributed by atoms with E-state index >= 15 is 0 Å². The maximum atomic E-state index is 14.1. The molecule has 1 aliphatic heterocycles. The maximum absolute atomic E-state index is 14.1. The molecule has 2 unspecified atom stereocenters. The van der Waals surface area contributed by atoms with Crippen molar-refractivity contribution in [2.45, 2.75) is 52.2 Å². The number of ether oxygens (including phenoxy) is 3. The summed E-state index contributed by atoms with van der Waals surface area (Å²) in [6, 6.07) is 3.18. The first-order chi connectivity index (χ1) is 9.69. The number of hydrogen-bond acceptors (Lipinski definition) is 3. The molecule has 1 aromatic rings. The molecule has 1 fully saturated rings. The average Bonchev–Trinajstić information content (AvgIpc) is 3.19. The van der Waals surface area contributed by atoms with E-state index in [9.17, 15) is 4.39 Å². The van der Waals surface area contributed by atoms with Gasteiger partial charge in [0, 0.05) is 6.07 Å². The van der Waals surface area contributed by atoms with Crippen LogP contribution in [0.1, 0.15) is 39.2 Å². The van der Waals surface area contributed by atoms with Crippen molar-refractivity contribution in [2.24, 2.45) is 0 Å². The summed E-state index contributed by atoms with van der Waals surface area (Å²) in [6.45, 7) is 6.91. The van der Waals surface area contributed by atoms with Gasteiger partial charge in [-0.1, -0.05) is 6.92 Å². The van der Waals surface area contributed by atoms with Crippen molar-refractivity contribution < 1.29 is 18.6 Å². The van der Waals surface area contributed by atoms with Crippen molar-refractivity contribution in [3.05, 3.63) is 23.5 Å². The van der Waals surface area contributed by atoms with Crippen molar-refractivity contribution >= 4 is 0 Å². The van der Waals surface area contributed by atoms with Crippen LogP contribution in [0.25, 0.3) is 0 Å². The zero-order chi connectivity index (χ0) is 14.5. The van der Waals surface area contributed by atoms with Gasteiger partial charge in [-0.25, -0.2) is 4.39 Å². The lowest BCUT2D eigenvalue weighted by Gasteiger charge is -2.13. The molecule has 0 N–H and O–H groups in total. The van der Waals surface area contributed by atoms with E-state index in [-0.39, 0.29) is 5.82 Å². The summed E-state index contributed by atoms with van der Waals surface area (Å²) in [6.07, 6.45) is 3.21. The summed E-state index contributed by atoms with van der Waals surface area (Å²) in [5.41, 5.74) is 0.669. The normalized spacial score (nSPS) is 20.8. The smallest absolute Gasteiger partial charge is 0.164 e. The van der Waals surface area contributed by atoms with Crippen molar-refractivity contribution in [3.8, 4) is 11.5 Å². The van der Waals surface area contributed by atoms with Gasteiger partial charge in [0.2, 0.25) is 0 Å². The van der Waals surface area contributed by atoms with Gasteiger partial charge < -0.3 is 14.2 Å². The van der Waals surface area contributed by atoms with Gasteiger partial charge in [-0.05, 0) is 44.7 Å². The van der Waals surface area contributed by atoms with Crippen LogP contribution in [0.3, 0.4) is 0 Å². The Labute approximate surface area is 120 Å². The SMILES string of the molecule is CCOc1cc(F)c(CCC2OC2CC)cc1OCC. The average molecular weight is 282 g/mol. The first-order valence-electron chi connectivity index (χ1n) is 7.43. The molecule has 112 valence electrons. The van der Waals surface area contributed by atoms with E-state index in [1.807, 2.05) is 13.8 Å². The fraction of sp³-hybridized carbons (Fsp3) is 0.625. The zero-order valence-corrected chi connectivity index (χ0v) is 12.4. The molecule has 0 bridgehead atoms. The Balaban J connectivity index is 2.05. The first kappa shape index (κ1) is 15.1. The Morgan fingerprint density at radius 2 is 1.70 bits per heavy atom. The van der Waals surface area contributed by atoms with E-state index < -0.39 is 0 Å². The molecule has 0 radical (unpaired) electrons. The summed E-state index contributed by atoms with van der Waals surface area (Å²) < 4.78 is 30.5. The summed E-state index contributed by atoms with van der Waals surface area (Å²) in [4.78, 5) is 0. The zero-order valence-electron chi connectivity index (χ0n) is 12.4. The van der Waals surface area contributed by atoms with E-state index in [0.717, 1.165) is 12.8 Å². The van der Waals surface area contributed by atoms with Crippen LogP contribution in [0.15, 0.2) is 12.1 Å². The Hall–Kier alpha value is -1.29. The molecule has 0 amide bonds. The quantitative estimate of drug-likeness (QED) is 0.681. The lowest BCUT2D eigenvalue weighted by molar-refractivity contribution is 0.285. The molecule has 4 heteroatoms. The molecule has 2 rings (SSSR count). The van der Waals surface area contributed by atoms with E-state index in [2.05, 4.69) is 6.92 Å². The van der Waals surface area contributed by atoms with Crippen molar-refractivity contribution in [1.82, 2.24) is 0 Å². The Morgan fingerprint density at radius 1 is 1.05 bits per heavy atom. The highest BCUT2D eigenvalue weighted by atomic mass is 19.1. The van der Waals surface area contributed by atoms with Crippen LogP contribution >= 0.6 is 0 Å². The van der Waals surface area contributed by atoms with Crippen molar-refractivity contribution in [2.75, 3.05) is 13.2 Å². The number of benzene rings is 1. The Bertz CT molecular complexity index is 448. The summed E-state index contributed by atoms with van der Waals surface area (Å²) in [5.74, 6) is 0.866. The van der Waals surface area contributed by atoms with Crippen LogP contribution in [0, 0.1) is 5.82 Å². The van der Waals surface area contributed by atoms with Crippen molar-refractivity contribution in [3.63, 3.8) is 0 Å². The van der Waals surface area contributed by atoms with Gasteiger partial charge in [0.05, 0.1) is 25.4 Å². The molecular weight excluding hydrogens is 259 g/mol. The van der Waals surface area contributed by atoms with Crippen LogP contribution in [0.2, 0.25) is 0 Å². The third-order valence-corrected chi connectivity index (χ3v) is 3.50. The number of aryl methyl sites for hydroxylation is 1. The predicted octanol–water partition coefficient (Wildman–Crippen LogP) is 3.73. The van der Waals surface area contributed by atoms with E-state index in [1.165, 1.54) is 6.07 Å². The molecule has 0 saturated carbocycles. The highest BCUT2D eigenvalue weighted by molar-refractivity contribution is 5.44. The van der Waals surface area contributed by atoms with Crippen LogP contribution in [-0.4, -0.2) is 25.4 Å². The van der Waals surface area contributed by atoms with Crippen LogP contribution in [-0.2, 0) is 11.2 Å². The Morgan fingerprint density at radius 3 is 2.25 bits per heavy atom. The third-order valence-electron chi connectivity index (χ3n) is 3.50. The molecule has 1 aliphatic rings. The lowest BCUT2D eigenvalue weighted by atomic mass is 10.0. The van der Waals surface area contributed by atoms with E-state index in [1.54, 1.807) is 6.07 Å².